The Kier molecular flexibility index (Phi) is 7.31. The average Bonchev–Trinajstić information content (AvgIpc) is 3.27. The summed E-state index contributed by atoms with van der Waals surface area (Å²) in [5.41, 5.74) is 1.11. The van der Waals surface area contributed by atoms with Gasteiger partial charge in [-0.1, -0.05) is 0 Å². The van der Waals surface area contributed by atoms with Gasteiger partial charge in [-0.05, 0) is 24.6 Å². The highest BCUT2D eigenvalue weighted by Crippen LogP contribution is 2.10. The highest BCUT2D eigenvalue weighted by Gasteiger charge is 2.03. The lowest BCUT2D eigenvalue weighted by Crippen LogP contribution is -2.36. The van der Waals surface area contributed by atoms with Gasteiger partial charge in [0.1, 0.15) is 17.2 Å². The van der Waals surface area contributed by atoms with E-state index in [1.165, 1.54) is 4.88 Å². The van der Waals surface area contributed by atoms with E-state index in [2.05, 4.69) is 37.5 Å². The molecule has 0 aliphatic rings. The van der Waals surface area contributed by atoms with Crippen LogP contribution >= 0.6 is 35.3 Å². The van der Waals surface area contributed by atoms with Crippen molar-refractivity contribution in [3.63, 3.8) is 0 Å². The Morgan fingerprint density at radius 2 is 2.08 bits per heavy atom. The largest absolute Gasteiger partial charge is 0.352 e. The fourth-order valence-electron chi connectivity index (χ4n) is 2.16. The first-order valence-corrected chi connectivity index (χ1v) is 8.35. The number of hydrogen-bond donors (Lipinski definition) is 2. The molecule has 0 saturated heterocycles. The molecule has 0 aromatic carbocycles. The Balaban J connectivity index is 0.00000225. The molecular weight excluding hydrogens is 449 g/mol. The first kappa shape index (κ1) is 19.3. The fraction of sp³-hybridized carbons (Fsp3) is 0.250. The predicted molar refractivity (Wildman–Crippen MR) is 111 cm³/mol. The molecule has 3 aromatic rings. The van der Waals surface area contributed by atoms with E-state index in [9.17, 15) is 0 Å². The summed E-state index contributed by atoms with van der Waals surface area (Å²) in [6.07, 6.45) is 9.01. The molecule has 0 aliphatic carbocycles. The highest BCUT2D eigenvalue weighted by atomic mass is 127. The van der Waals surface area contributed by atoms with Crippen molar-refractivity contribution in [3.05, 3.63) is 58.7 Å². The van der Waals surface area contributed by atoms with Crippen LogP contribution in [0.25, 0.3) is 5.82 Å². The number of nitrogens with one attached hydrogen (secondary N) is 2. The van der Waals surface area contributed by atoms with E-state index >= 15 is 0 Å². The van der Waals surface area contributed by atoms with Crippen LogP contribution in [-0.2, 0) is 13.1 Å². The summed E-state index contributed by atoms with van der Waals surface area (Å²) in [5.74, 6) is 1.58. The standard InChI is InChI=1S/C16H19N7S.HI/c1-12-8-20-15(24-12)10-22-16(17-2)21-9-13-3-4-19-14(7-13)23-6-5-18-11-23;/h3-8,11H,9-10H2,1-2H3,(H2,17,21,22);1H. The van der Waals surface area contributed by atoms with Crippen LogP contribution in [0.5, 0.6) is 0 Å². The maximum atomic E-state index is 4.35. The first-order chi connectivity index (χ1) is 11.7. The number of rotatable bonds is 5. The average molecular weight is 469 g/mol. The SMILES string of the molecule is CN=C(NCc1ccnc(-n2ccnc2)c1)NCc1ncc(C)s1.I. The van der Waals surface area contributed by atoms with E-state index in [0.717, 1.165) is 22.3 Å². The zero-order valence-electron chi connectivity index (χ0n) is 14.0. The fourth-order valence-corrected chi connectivity index (χ4v) is 2.88. The van der Waals surface area contributed by atoms with Crippen molar-refractivity contribution in [2.45, 2.75) is 20.0 Å². The zero-order chi connectivity index (χ0) is 16.8. The summed E-state index contributed by atoms with van der Waals surface area (Å²) in [6.45, 7) is 3.37. The molecule has 0 aliphatic heterocycles. The third-order valence-electron chi connectivity index (χ3n) is 3.34. The summed E-state index contributed by atoms with van der Waals surface area (Å²) >= 11 is 1.68. The van der Waals surface area contributed by atoms with E-state index in [1.807, 2.05) is 29.1 Å². The molecule has 3 aromatic heterocycles. The van der Waals surface area contributed by atoms with Crippen molar-refractivity contribution in [1.82, 2.24) is 30.2 Å². The number of hydrogen-bond acceptors (Lipinski definition) is 5. The summed E-state index contributed by atoms with van der Waals surface area (Å²) in [4.78, 5) is 18.2. The van der Waals surface area contributed by atoms with Crippen molar-refractivity contribution in [1.29, 1.82) is 0 Å². The molecule has 0 atom stereocenters. The number of pyridine rings is 1. The molecule has 7 nitrogen and oxygen atoms in total. The molecule has 0 saturated carbocycles. The zero-order valence-corrected chi connectivity index (χ0v) is 17.2. The minimum Gasteiger partial charge on any atom is -0.352 e. The van der Waals surface area contributed by atoms with E-state index in [1.54, 1.807) is 37.1 Å². The summed E-state index contributed by atoms with van der Waals surface area (Å²) in [5, 5.41) is 7.61. The lowest BCUT2D eigenvalue weighted by Gasteiger charge is -2.11. The highest BCUT2D eigenvalue weighted by molar-refractivity contribution is 14.0. The van der Waals surface area contributed by atoms with Gasteiger partial charge < -0.3 is 10.6 Å². The Labute approximate surface area is 167 Å². The maximum absolute atomic E-state index is 4.35. The van der Waals surface area contributed by atoms with Crippen molar-refractivity contribution < 1.29 is 0 Å². The van der Waals surface area contributed by atoms with Crippen LogP contribution in [0.4, 0.5) is 0 Å². The normalized spacial score (nSPS) is 11.0. The van der Waals surface area contributed by atoms with E-state index in [-0.39, 0.29) is 24.0 Å². The van der Waals surface area contributed by atoms with Gasteiger partial charge in [0, 0.05) is 43.3 Å². The Morgan fingerprint density at radius 3 is 2.76 bits per heavy atom. The maximum Gasteiger partial charge on any atom is 0.191 e. The molecule has 3 rings (SSSR count). The summed E-state index contributed by atoms with van der Waals surface area (Å²) in [6, 6.07) is 4.00. The molecule has 0 bridgehead atoms. The van der Waals surface area contributed by atoms with Gasteiger partial charge in [0.15, 0.2) is 5.96 Å². The van der Waals surface area contributed by atoms with Crippen molar-refractivity contribution in [3.8, 4) is 5.82 Å². The third kappa shape index (κ3) is 5.49. The van der Waals surface area contributed by atoms with Gasteiger partial charge in [-0.15, -0.1) is 35.3 Å². The second-order valence-electron chi connectivity index (χ2n) is 5.14. The molecule has 0 radical (unpaired) electrons. The van der Waals surface area contributed by atoms with Crippen molar-refractivity contribution in [2.24, 2.45) is 4.99 Å². The topological polar surface area (TPSA) is 80.0 Å². The lowest BCUT2D eigenvalue weighted by atomic mass is 10.2. The van der Waals surface area contributed by atoms with E-state index < -0.39 is 0 Å². The minimum atomic E-state index is 0. The number of nitrogens with zero attached hydrogens (tertiary/aromatic N) is 5. The van der Waals surface area contributed by atoms with Gasteiger partial charge in [0.2, 0.25) is 0 Å². The quantitative estimate of drug-likeness (QED) is 0.341. The van der Waals surface area contributed by atoms with Crippen LogP contribution < -0.4 is 10.6 Å². The van der Waals surface area contributed by atoms with Crippen molar-refractivity contribution in [2.75, 3.05) is 7.05 Å². The van der Waals surface area contributed by atoms with Crippen LogP contribution in [0.15, 0.2) is 48.2 Å². The van der Waals surface area contributed by atoms with Gasteiger partial charge in [0.05, 0.1) is 6.54 Å². The third-order valence-corrected chi connectivity index (χ3v) is 4.25. The molecule has 0 spiro atoms. The van der Waals surface area contributed by atoms with Gasteiger partial charge >= 0.3 is 0 Å². The van der Waals surface area contributed by atoms with Gasteiger partial charge in [-0.25, -0.2) is 15.0 Å². The molecule has 132 valence electrons. The molecule has 0 amide bonds. The predicted octanol–water partition coefficient (Wildman–Crippen LogP) is 2.52. The molecule has 9 heteroatoms. The molecular formula is C16H20IN7S. The smallest absolute Gasteiger partial charge is 0.191 e. The number of guanidine groups is 1. The van der Waals surface area contributed by atoms with E-state index in [0.29, 0.717) is 13.1 Å². The monoisotopic (exact) mass is 469 g/mol. The van der Waals surface area contributed by atoms with Crippen LogP contribution in [0, 0.1) is 6.92 Å². The second-order valence-corrected chi connectivity index (χ2v) is 6.46. The van der Waals surface area contributed by atoms with Crippen LogP contribution in [-0.4, -0.2) is 32.5 Å². The van der Waals surface area contributed by atoms with Gasteiger partial charge in [-0.2, -0.15) is 0 Å². The van der Waals surface area contributed by atoms with Gasteiger partial charge in [-0.3, -0.25) is 9.56 Å². The summed E-state index contributed by atoms with van der Waals surface area (Å²) < 4.78 is 1.88. The molecule has 25 heavy (non-hydrogen) atoms. The molecule has 2 N–H and O–H groups in total. The van der Waals surface area contributed by atoms with Crippen LogP contribution in [0.1, 0.15) is 15.4 Å². The first-order valence-electron chi connectivity index (χ1n) is 7.53. The van der Waals surface area contributed by atoms with Crippen molar-refractivity contribution >= 4 is 41.3 Å². The molecule has 0 fully saturated rings. The van der Waals surface area contributed by atoms with Gasteiger partial charge in [0.25, 0.3) is 0 Å². The second kappa shape index (κ2) is 9.47. The number of aryl methyl sites for hydroxylation is 1. The Morgan fingerprint density at radius 1 is 1.24 bits per heavy atom. The minimum absolute atomic E-state index is 0. The van der Waals surface area contributed by atoms with Crippen LogP contribution in [0.2, 0.25) is 0 Å². The number of thiazole rings is 1. The number of aliphatic imine (C=N–C) groups is 1. The number of imidazole rings is 1. The number of aromatic nitrogens is 4. The van der Waals surface area contributed by atoms with E-state index in [4.69, 9.17) is 0 Å². The molecule has 0 unspecified atom stereocenters. The van der Waals surface area contributed by atoms with Crippen LogP contribution in [0.3, 0.4) is 0 Å². The summed E-state index contributed by atoms with van der Waals surface area (Å²) in [7, 11) is 1.76. The molecule has 3 heterocycles. The number of halogens is 1. The Hall–Kier alpha value is -2.01. The Bertz CT molecular complexity index is 814. The lowest BCUT2D eigenvalue weighted by molar-refractivity contribution is 0.802.